The molecule has 0 radical (unpaired) electrons. The van der Waals surface area contributed by atoms with Crippen LogP contribution in [-0.4, -0.2) is 32.3 Å². The van der Waals surface area contributed by atoms with Crippen LogP contribution < -0.4 is 4.74 Å². The predicted molar refractivity (Wildman–Crippen MR) is 59.9 cm³/mol. The molecule has 0 saturated carbocycles. The fourth-order valence-corrected chi connectivity index (χ4v) is 1.10. The van der Waals surface area contributed by atoms with Crippen molar-refractivity contribution in [3.63, 3.8) is 0 Å². The number of esters is 2. The predicted octanol–water partition coefficient (Wildman–Crippen LogP) is 1.42. The van der Waals surface area contributed by atoms with Gasteiger partial charge in [-0.1, -0.05) is 0 Å². The van der Waals surface area contributed by atoms with Gasteiger partial charge in [-0.15, -0.1) is 0 Å². The maximum absolute atomic E-state index is 11.3. The summed E-state index contributed by atoms with van der Waals surface area (Å²) >= 11 is 0. The highest BCUT2D eigenvalue weighted by Crippen LogP contribution is 2.12. The third-order valence-corrected chi connectivity index (χ3v) is 1.95. The van der Waals surface area contributed by atoms with Crippen molar-refractivity contribution in [1.29, 1.82) is 0 Å². The first-order valence-electron chi connectivity index (χ1n) is 5.14. The number of carbonyl (C=O) groups excluding carboxylic acids is 2. The monoisotopic (exact) mass is 238 g/mol. The zero-order valence-corrected chi connectivity index (χ0v) is 9.76. The highest BCUT2D eigenvalue weighted by atomic mass is 16.6. The summed E-state index contributed by atoms with van der Waals surface area (Å²) < 4.78 is 14.4. The van der Waals surface area contributed by atoms with Gasteiger partial charge in [0.2, 0.25) is 0 Å². The van der Waals surface area contributed by atoms with Gasteiger partial charge in [0, 0.05) is 0 Å². The third-order valence-electron chi connectivity index (χ3n) is 1.95. The van der Waals surface area contributed by atoms with Crippen LogP contribution in [0.25, 0.3) is 0 Å². The molecule has 0 aliphatic heterocycles. The number of methoxy groups -OCH3 is 1. The van der Waals surface area contributed by atoms with E-state index in [2.05, 4.69) is 4.74 Å². The van der Waals surface area contributed by atoms with E-state index in [4.69, 9.17) is 9.47 Å². The van der Waals surface area contributed by atoms with Gasteiger partial charge in [0.15, 0.2) is 6.61 Å². The summed E-state index contributed by atoms with van der Waals surface area (Å²) in [7, 11) is 1.29. The van der Waals surface area contributed by atoms with E-state index in [1.165, 1.54) is 7.11 Å². The lowest BCUT2D eigenvalue weighted by Crippen LogP contribution is -2.12. The Morgan fingerprint density at radius 2 is 1.82 bits per heavy atom. The Hall–Kier alpha value is -2.04. The van der Waals surface area contributed by atoms with Gasteiger partial charge in [0.25, 0.3) is 0 Å². The molecular weight excluding hydrogens is 224 g/mol. The fraction of sp³-hybridized carbons (Fsp3) is 0.333. The molecule has 1 aromatic rings. The Kier molecular flexibility index (Phi) is 5.00. The molecule has 1 rings (SSSR count). The van der Waals surface area contributed by atoms with E-state index in [-0.39, 0.29) is 12.6 Å². The molecule has 0 saturated heterocycles. The number of ether oxygens (including phenoxy) is 3. The summed E-state index contributed by atoms with van der Waals surface area (Å²) in [6, 6.07) is 6.33. The largest absolute Gasteiger partial charge is 0.482 e. The van der Waals surface area contributed by atoms with E-state index in [1.807, 2.05) is 0 Å². The first-order chi connectivity index (χ1) is 8.17. The Balaban J connectivity index is 2.56. The van der Waals surface area contributed by atoms with Crippen LogP contribution in [-0.2, 0) is 14.3 Å². The molecule has 0 bridgehead atoms. The zero-order chi connectivity index (χ0) is 12.7. The molecule has 0 atom stereocenters. The normalized spacial score (nSPS) is 9.53. The Labute approximate surface area is 99.3 Å². The van der Waals surface area contributed by atoms with Crippen molar-refractivity contribution in [2.75, 3.05) is 20.3 Å². The molecule has 5 heteroatoms. The molecule has 17 heavy (non-hydrogen) atoms. The smallest absolute Gasteiger partial charge is 0.343 e. The van der Waals surface area contributed by atoms with Crippen molar-refractivity contribution < 1.29 is 23.8 Å². The van der Waals surface area contributed by atoms with Crippen molar-refractivity contribution in [3.8, 4) is 5.75 Å². The molecule has 0 amide bonds. The lowest BCUT2D eigenvalue weighted by atomic mass is 10.2. The lowest BCUT2D eigenvalue weighted by molar-refractivity contribution is -0.142. The molecule has 1 aromatic carbocycles. The molecule has 0 aromatic heterocycles. The van der Waals surface area contributed by atoms with Gasteiger partial charge >= 0.3 is 11.9 Å². The Bertz CT molecular complexity index is 382. The van der Waals surface area contributed by atoms with Gasteiger partial charge in [-0.25, -0.2) is 9.59 Å². The van der Waals surface area contributed by atoms with Crippen LogP contribution in [0.15, 0.2) is 24.3 Å². The van der Waals surface area contributed by atoms with E-state index in [0.717, 1.165) is 0 Å². The van der Waals surface area contributed by atoms with Crippen molar-refractivity contribution >= 4 is 11.9 Å². The van der Waals surface area contributed by atoms with Crippen LogP contribution in [0.3, 0.4) is 0 Å². The van der Waals surface area contributed by atoms with Gasteiger partial charge in [-0.3, -0.25) is 0 Å². The second-order valence-electron chi connectivity index (χ2n) is 3.11. The minimum absolute atomic E-state index is 0.157. The average molecular weight is 238 g/mol. The standard InChI is InChI=1S/C12H14O5/c1-3-16-12(14)9-4-6-10(7-5-9)17-8-11(13)15-2/h4-7H,3,8H2,1-2H3. The zero-order valence-electron chi connectivity index (χ0n) is 9.76. The number of rotatable bonds is 5. The van der Waals surface area contributed by atoms with Gasteiger partial charge in [0.1, 0.15) is 5.75 Å². The van der Waals surface area contributed by atoms with Crippen LogP contribution in [0.5, 0.6) is 5.75 Å². The van der Waals surface area contributed by atoms with Gasteiger partial charge in [-0.2, -0.15) is 0 Å². The SMILES string of the molecule is CCOC(=O)c1ccc(OCC(=O)OC)cc1. The summed E-state index contributed by atoms with van der Waals surface area (Å²) in [4.78, 5) is 22.2. The maximum atomic E-state index is 11.3. The number of hydrogen-bond acceptors (Lipinski definition) is 5. The van der Waals surface area contributed by atoms with E-state index in [9.17, 15) is 9.59 Å². The van der Waals surface area contributed by atoms with Crippen LogP contribution in [0.4, 0.5) is 0 Å². The molecule has 0 unspecified atom stereocenters. The highest BCUT2D eigenvalue weighted by molar-refractivity contribution is 5.89. The Morgan fingerprint density at radius 3 is 2.35 bits per heavy atom. The van der Waals surface area contributed by atoms with E-state index < -0.39 is 5.97 Å². The second-order valence-corrected chi connectivity index (χ2v) is 3.11. The molecular formula is C12H14O5. The Morgan fingerprint density at radius 1 is 1.18 bits per heavy atom. The fourth-order valence-electron chi connectivity index (χ4n) is 1.10. The minimum atomic E-state index is -0.459. The molecule has 0 N–H and O–H groups in total. The first kappa shape index (κ1) is 13.0. The average Bonchev–Trinajstić information content (AvgIpc) is 2.36. The molecule has 0 aliphatic rings. The first-order valence-corrected chi connectivity index (χ1v) is 5.14. The van der Waals surface area contributed by atoms with Gasteiger partial charge < -0.3 is 14.2 Å². The van der Waals surface area contributed by atoms with E-state index in [1.54, 1.807) is 31.2 Å². The third kappa shape index (κ3) is 4.14. The summed E-state index contributed by atoms with van der Waals surface area (Å²) in [5.74, 6) is -0.352. The quantitative estimate of drug-likeness (QED) is 0.726. The number of hydrogen-bond donors (Lipinski definition) is 0. The summed E-state index contributed by atoms with van der Waals surface area (Å²) in [5.41, 5.74) is 0.442. The minimum Gasteiger partial charge on any atom is -0.482 e. The van der Waals surface area contributed by atoms with E-state index >= 15 is 0 Å². The molecule has 0 aliphatic carbocycles. The van der Waals surface area contributed by atoms with Gasteiger partial charge in [-0.05, 0) is 31.2 Å². The van der Waals surface area contributed by atoms with Crippen LogP contribution >= 0.6 is 0 Å². The highest BCUT2D eigenvalue weighted by Gasteiger charge is 2.06. The van der Waals surface area contributed by atoms with Crippen LogP contribution in [0.1, 0.15) is 17.3 Å². The number of benzene rings is 1. The lowest BCUT2D eigenvalue weighted by Gasteiger charge is -2.05. The molecule has 5 nitrogen and oxygen atoms in total. The van der Waals surface area contributed by atoms with Crippen molar-refractivity contribution in [2.24, 2.45) is 0 Å². The summed E-state index contributed by atoms with van der Waals surface area (Å²) in [5, 5.41) is 0. The second kappa shape index (κ2) is 6.52. The molecule has 92 valence electrons. The van der Waals surface area contributed by atoms with Crippen LogP contribution in [0, 0.1) is 0 Å². The maximum Gasteiger partial charge on any atom is 0.343 e. The summed E-state index contributed by atoms with van der Waals surface area (Å²) in [6.07, 6.45) is 0. The summed E-state index contributed by atoms with van der Waals surface area (Å²) in [6.45, 7) is 1.92. The molecule has 0 spiro atoms. The van der Waals surface area contributed by atoms with Crippen molar-refractivity contribution in [1.82, 2.24) is 0 Å². The van der Waals surface area contributed by atoms with E-state index in [0.29, 0.717) is 17.9 Å². The van der Waals surface area contributed by atoms with Crippen molar-refractivity contribution in [2.45, 2.75) is 6.92 Å². The molecule has 0 heterocycles. The number of carbonyl (C=O) groups is 2. The molecule has 0 fully saturated rings. The van der Waals surface area contributed by atoms with Crippen molar-refractivity contribution in [3.05, 3.63) is 29.8 Å². The van der Waals surface area contributed by atoms with Crippen LogP contribution in [0.2, 0.25) is 0 Å². The van der Waals surface area contributed by atoms with Gasteiger partial charge in [0.05, 0.1) is 19.3 Å². The topological polar surface area (TPSA) is 61.8 Å².